The lowest BCUT2D eigenvalue weighted by Gasteiger charge is -2.43. The summed E-state index contributed by atoms with van der Waals surface area (Å²) >= 11 is 0. The quantitative estimate of drug-likeness (QED) is 0.813. The first kappa shape index (κ1) is 13.7. The molecule has 104 valence electrons. The number of carbonyl (C=O) groups excluding carboxylic acids is 1. The number of amides is 1. The lowest BCUT2D eigenvalue weighted by atomic mass is 9.79. The average Bonchev–Trinajstić information content (AvgIpc) is 2.08. The highest BCUT2D eigenvalue weighted by Crippen LogP contribution is 2.30. The van der Waals surface area contributed by atoms with Crippen LogP contribution in [0.4, 0.5) is 4.79 Å². The van der Waals surface area contributed by atoms with E-state index in [1.165, 1.54) is 12.8 Å². The Kier molecular flexibility index (Phi) is 3.85. The van der Waals surface area contributed by atoms with E-state index >= 15 is 0 Å². The Morgan fingerprint density at radius 3 is 2.11 bits per heavy atom. The Hall–Kier alpha value is -0.770. The van der Waals surface area contributed by atoms with Crippen LogP contribution in [-0.4, -0.2) is 29.8 Å². The van der Waals surface area contributed by atoms with Crippen molar-refractivity contribution in [1.29, 1.82) is 0 Å². The van der Waals surface area contributed by atoms with Crippen molar-refractivity contribution < 1.29 is 9.53 Å². The molecule has 1 amide bonds. The van der Waals surface area contributed by atoms with Gasteiger partial charge in [-0.1, -0.05) is 6.92 Å². The molecule has 2 aliphatic carbocycles. The van der Waals surface area contributed by atoms with Crippen molar-refractivity contribution in [3.8, 4) is 0 Å². The number of rotatable bonds is 3. The molecule has 0 radical (unpaired) electrons. The molecule has 2 rings (SSSR count). The van der Waals surface area contributed by atoms with E-state index in [1.807, 2.05) is 20.8 Å². The summed E-state index contributed by atoms with van der Waals surface area (Å²) in [5.74, 6) is 0.887. The number of nitrogens with one attached hydrogen (secondary N) is 2. The van der Waals surface area contributed by atoms with E-state index in [1.54, 1.807) is 0 Å². The summed E-state index contributed by atoms with van der Waals surface area (Å²) in [7, 11) is 0. The van der Waals surface area contributed by atoms with E-state index in [0.29, 0.717) is 12.1 Å². The summed E-state index contributed by atoms with van der Waals surface area (Å²) in [6.07, 6.45) is 4.39. The van der Waals surface area contributed by atoms with Gasteiger partial charge in [-0.2, -0.15) is 0 Å². The SMILES string of the molecule is CC1CC(NC2CC(NC(=O)OC(C)(C)C)C2)C1. The zero-order chi connectivity index (χ0) is 13.3. The molecule has 0 aromatic rings. The number of carbonyl (C=O) groups is 1. The average molecular weight is 254 g/mol. The summed E-state index contributed by atoms with van der Waals surface area (Å²) in [6, 6.07) is 1.59. The van der Waals surface area contributed by atoms with Gasteiger partial charge < -0.3 is 15.4 Å². The molecule has 0 bridgehead atoms. The Morgan fingerprint density at radius 2 is 1.61 bits per heavy atom. The largest absolute Gasteiger partial charge is 0.444 e. The zero-order valence-electron chi connectivity index (χ0n) is 12.0. The molecular formula is C14H26N2O2. The Balaban J connectivity index is 1.57. The van der Waals surface area contributed by atoms with Crippen molar-refractivity contribution in [3.63, 3.8) is 0 Å². The minimum absolute atomic E-state index is 0.287. The fourth-order valence-electron chi connectivity index (χ4n) is 2.72. The summed E-state index contributed by atoms with van der Waals surface area (Å²) in [4.78, 5) is 11.5. The summed E-state index contributed by atoms with van der Waals surface area (Å²) in [5.41, 5.74) is -0.409. The molecule has 0 saturated heterocycles. The zero-order valence-corrected chi connectivity index (χ0v) is 12.0. The van der Waals surface area contributed by atoms with Crippen LogP contribution in [0.1, 0.15) is 53.4 Å². The van der Waals surface area contributed by atoms with Gasteiger partial charge in [0.2, 0.25) is 0 Å². The molecule has 18 heavy (non-hydrogen) atoms. The molecule has 2 fully saturated rings. The van der Waals surface area contributed by atoms with Crippen molar-refractivity contribution in [2.75, 3.05) is 0 Å². The second kappa shape index (κ2) is 5.08. The van der Waals surface area contributed by atoms with Crippen molar-refractivity contribution in [2.45, 2.75) is 77.1 Å². The van der Waals surface area contributed by atoms with Gasteiger partial charge in [0, 0.05) is 18.1 Å². The molecule has 0 spiro atoms. The monoisotopic (exact) mass is 254 g/mol. The molecular weight excluding hydrogens is 228 g/mol. The molecule has 0 aliphatic heterocycles. The molecule has 2 saturated carbocycles. The van der Waals surface area contributed by atoms with Crippen molar-refractivity contribution in [2.24, 2.45) is 5.92 Å². The number of alkyl carbamates (subject to hydrolysis) is 1. The van der Waals surface area contributed by atoms with Gasteiger partial charge in [-0.15, -0.1) is 0 Å². The third-order valence-corrected chi connectivity index (χ3v) is 3.70. The number of hydrogen-bond acceptors (Lipinski definition) is 3. The molecule has 4 nitrogen and oxygen atoms in total. The van der Waals surface area contributed by atoms with Crippen LogP contribution in [0.5, 0.6) is 0 Å². The van der Waals surface area contributed by atoms with Gasteiger partial charge in [0.25, 0.3) is 0 Å². The molecule has 0 aromatic heterocycles. The first-order valence-electron chi connectivity index (χ1n) is 7.07. The summed E-state index contributed by atoms with van der Waals surface area (Å²) < 4.78 is 5.24. The van der Waals surface area contributed by atoms with E-state index in [2.05, 4.69) is 17.6 Å². The third-order valence-electron chi connectivity index (χ3n) is 3.70. The number of hydrogen-bond donors (Lipinski definition) is 2. The minimum Gasteiger partial charge on any atom is -0.444 e. The highest BCUT2D eigenvalue weighted by Gasteiger charge is 2.35. The molecule has 4 heteroatoms. The maximum Gasteiger partial charge on any atom is 0.407 e. The third kappa shape index (κ3) is 3.87. The van der Waals surface area contributed by atoms with Crippen molar-refractivity contribution in [3.05, 3.63) is 0 Å². The molecule has 0 atom stereocenters. The molecule has 2 aliphatic rings. The van der Waals surface area contributed by atoms with Gasteiger partial charge in [-0.3, -0.25) is 0 Å². The highest BCUT2D eigenvalue weighted by atomic mass is 16.6. The van der Waals surface area contributed by atoms with Crippen LogP contribution in [0.15, 0.2) is 0 Å². The maximum absolute atomic E-state index is 11.5. The standard InChI is InChI=1S/C14H26N2O2/c1-9-5-10(6-9)15-11-7-12(8-11)16-13(17)18-14(2,3)4/h9-12,15H,5-8H2,1-4H3,(H,16,17). The lowest BCUT2D eigenvalue weighted by molar-refractivity contribution is 0.0456. The normalized spacial score (nSPS) is 35.3. The van der Waals surface area contributed by atoms with Crippen LogP contribution >= 0.6 is 0 Å². The maximum atomic E-state index is 11.5. The van der Waals surface area contributed by atoms with Crippen LogP contribution in [0.3, 0.4) is 0 Å². The van der Waals surface area contributed by atoms with Gasteiger partial charge in [-0.25, -0.2) is 4.79 Å². The van der Waals surface area contributed by atoms with Crippen LogP contribution in [0.2, 0.25) is 0 Å². The first-order chi connectivity index (χ1) is 8.32. The predicted octanol–water partition coefficient (Wildman–Crippen LogP) is 2.43. The molecule has 0 heterocycles. The summed E-state index contributed by atoms with van der Waals surface area (Å²) in [6.45, 7) is 7.95. The van der Waals surface area contributed by atoms with Crippen molar-refractivity contribution in [1.82, 2.24) is 10.6 Å². The minimum atomic E-state index is -0.409. The van der Waals surface area contributed by atoms with Gasteiger partial charge in [-0.05, 0) is 52.4 Å². The van der Waals surface area contributed by atoms with Gasteiger partial charge in [0.15, 0.2) is 0 Å². The van der Waals surface area contributed by atoms with Crippen LogP contribution in [0, 0.1) is 5.92 Å². The summed E-state index contributed by atoms with van der Waals surface area (Å²) in [5, 5.41) is 6.56. The van der Waals surface area contributed by atoms with Crippen LogP contribution in [0.25, 0.3) is 0 Å². The van der Waals surface area contributed by atoms with E-state index in [9.17, 15) is 4.79 Å². The van der Waals surface area contributed by atoms with Gasteiger partial charge in [0.1, 0.15) is 5.60 Å². The topological polar surface area (TPSA) is 50.4 Å². The van der Waals surface area contributed by atoms with Crippen LogP contribution < -0.4 is 10.6 Å². The Morgan fingerprint density at radius 1 is 1.06 bits per heavy atom. The van der Waals surface area contributed by atoms with E-state index in [4.69, 9.17) is 4.74 Å². The molecule has 2 N–H and O–H groups in total. The van der Waals surface area contributed by atoms with E-state index in [0.717, 1.165) is 18.8 Å². The predicted molar refractivity (Wildman–Crippen MR) is 71.5 cm³/mol. The highest BCUT2D eigenvalue weighted by molar-refractivity contribution is 5.68. The fourth-order valence-corrected chi connectivity index (χ4v) is 2.72. The smallest absolute Gasteiger partial charge is 0.407 e. The Labute approximate surface area is 110 Å². The lowest BCUT2D eigenvalue weighted by Crippen LogP contribution is -2.57. The number of ether oxygens (including phenoxy) is 1. The first-order valence-corrected chi connectivity index (χ1v) is 7.07. The van der Waals surface area contributed by atoms with Crippen molar-refractivity contribution >= 4 is 6.09 Å². The fraction of sp³-hybridized carbons (Fsp3) is 0.929. The molecule has 0 unspecified atom stereocenters. The van der Waals surface area contributed by atoms with Gasteiger partial charge >= 0.3 is 6.09 Å². The van der Waals surface area contributed by atoms with Crippen LogP contribution in [-0.2, 0) is 4.74 Å². The second-order valence-electron chi connectivity index (χ2n) is 6.95. The molecule has 0 aromatic carbocycles. The second-order valence-corrected chi connectivity index (χ2v) is 6.95. The van der Waals surface area contributed by atoms with E-state index in [-0.39, 0.29) is 12.1 Å². The van der Waals surface area contributed by atoms with E-state index < -0.39 is 5.60 Å². The van der Waals surface area contributed by atoms with Gasteiger partial charge in [0.05, 0.1) is 0 Å². The Bertz CT molecular complexity index is 299.